The Morgan fingerprint density at radius 3 is 2.63 bits per heavy atom. The zero-order valence-corrected chi connectivity index (χ0v) is 12.1. The van der Waals surface area contributed by atoms with Crippen molar-refractivity contribution in [3.63, 3.8) is 0 Å². The standard InChI is InChI=1S/C13H15BrN2O3/c1-13(19)7-16(8-13)11(17)6-15-12(18)9-4-2-3-5-10(9)14/h2-5,19H,6-8H2,1H3,(H,15,18). The number of carbonyl (C=O) groups is 2. The summed E-state index contributed by atoms with van der Waals surface area (Å²) in [6.07, 6.45) is 0. The highest BCUT2D eigenvalue weighted by atomic mass is 79.9. The lowest BCUT2D eigenvalue weighted by molar-refractivity contribution is -0.151. The van der Waals surface area contributed by atoms with Gasteiger partial charge in [0.15, 0.2) is 0 Å². The maximum Gasteiger partial charge on any atom is 0.252 e. The molecule has 0 radical (unpaired) electrons. The molecule has 6 heteroatoms. The van der Waals surface area contributed by atoms with E-state index in [0.717, 1.165) is 0 Å². The second-order valence-corrected chi connectivity index (χ2v) is 5.76. The first-order valence-corrected chi connectivity index (χ1v) is 6.71. The van der Waals surface area contributed by atoms with Crippen LogP contribution in [-0.4, -0.2) is 47.1 Å². The Hall–Kier alpha value is -1.40. The smallest absolute Gasteiger partial charge is 0.252 e. The quantitative estimate of drug-likeness (QED) is 0.862. The van der Waals surface area contributed by atoms with E-state index in [9.17, 15) is 14.7 Å². The zero-order valence-electron chi connectivity index (χ0n) is 10.5. The van der Waals surface area contributed by atoms with Gasteiger partial charge in [0.2, 0.25) is 5.91 Å². The Kier molecular flexibility index (Phi) is 3.91. The monoisotopic (exact) mass is 326 g/mol. The number of hydrogen-bond donors (Lipinski definition) is 2. The van der Waals surface area contributed by atoms with Crippen molar-refractivity contribution in [1.29, 1.82) is 0 Å². The van der Waals surface area contributed by atoms with Gasteiger partial charge in [-0.3, -0.25) is 9.59 Å². The van der Waals surface area contributed by atoms with Crippen molar-refractivity contribution in [1.82, 2.24) is 10.2 Å². The van der Waals surface area contributed by atoms with E-state index >= 15 is 0 Å². The van der Waals surface area contributed by atoms with Crippen LogP contribution in [0.2, 0.25) is 0 Å². The zero-order chi connectivity index (χ0) is 14.0. The third-order valence-electron chi connectivity index (χ3n) is 2.93. The highest BCUT2D eigenvalue weighted by Crippen LogP contribution is 2.19. The van der Waals surface area contributed by atoms with Gasteiger partial charge in [-0.15, -0.1) is 0 Å². The lowest BCUT2D eigenvalue weighted by Gasteiger charge is -2.44. The molecular formula is C13H15BrN2O3. The molecule has 102 valence electrons. The molecule has 5 nitrogen and oxygen atoms in total. The Morgan fingerprint density at radius 1 is 1.42 bits per heavy atom. The largest absolute Gasteiger partial charge is 0.386 e. The number of hydrogen-bond acceptors (Lipinski definition) is 3. The molecule has 0 atom stereocenters. The number of β-amino-alcohol motifs (C(OH)–C–C–N with tert-alkyl or cyclic N) is 1. The van der Waals surface area contributed by atoms with Crippen molar-refractivity contribution >= 4 is 27.7 Å². The van der Waals surface area contributed by atoms with Crippen LogP contribution in [0.1, 0.15) is 17.3 Å². The molecule has 0 saturated carbocycles. The summed E-state index contributed by atoms with van der Waals surface area (Å²) in [6, 6.07) is 7.02. The van der Waals surface area contributed by atoms with Crippen molar-refractivity contribution in [2.24, 2.45) is 0 Å². The van der Waals surface area contributed by atoms with Crippen LogP contribution in [0.5, 0.6) is 0 Å². The summed E-state index contributed by atoms with van der Waals surface area (Å²) >= 11 is 3.28. The number of nitrogens with zero attached hydrogens (tertiary/aromatic N) is 1. The average molecular weight is 327 g/mol. The predicted molar refractivity (Wildman–Crippen MR) is 73.7 cm³/mol. The van der Waals surface area contributed by atoms with E-state index in [4.69, 9.17) is 0 Å². The molecule has 1 fully saturated rings. The number of rotatable bonds is 3. The van der Waals surface area contributed by atoms with Crippen molar-refractivity contribution in [2.45, 2.75) is 12.5 Å². The molecule has 1 heterocycles. The summed E-state index contributed by atoms with van der Waals surface area (Å²) in [6.45, 7) is 2.25. The van der Waals surface area contributed by atoms with Gasteiger partial charge in [0, 0.05) is 4.47 Å². The van der Waals surface area contributed by atoms with Gasteiger partial charge in [-0.1, -0.05) is 12.1 Å². The molecule has 1 aromatic rings. The fourth-order valence-corrected chi connectivity index (χ4v) is 2.43. The van der Waals surface area contributed by atoms with Crippen LogP contribution in [0.4, 0.5) is 0 Å². The number of amides is 2. The van der Waals surface area contributed by atoms with Crippen molar-refractivity contribution in [3.8, 4) is 0 Å². The first-order valence-electron chi connectivity index (χ1n) is 5.92. The van der Waals surface area contributed by atoms with E-state index < -0.39 is 5.60 Å². The van der Waals surface area contributed by atoms with Crippen LogP contribution in [0.15, 0.2) is 28.7 Å². The van der Waals surface area contributed by atoms with E-state index in [1.54, 1.807) is 25.1 Å². The molecule has 0 aromatic heterocycles. The Balaban J connectivity index is 1.85. The Labute approximate surface area is 119 Å². The summed E-state index contributed by atoms with van der Waals surface area (Å²) in [5, 5.41) is 12.1. The molecular weight excluding hydrogens is 312 g/mol. The van der Waals surface area contributed by atoms with Gasteiger partial charge in [0.25, 0.3) is 5.91 Å². The van der Waals surface area contributed by atoms with Crippen LogP contribution < -0.4 is 5.32 Å². The maximum absolute atomic E-state index is 11.9. The van der Waals surface area contributed by atoms with Gasteiger partial charge >= 0.3 is 0 Å². The fraction of sp³-hybridized carbons (Fsp3) is 0.385. The number of halogens is 1. The van der Waals surface area contributed by atoms with Gasteiger partial charge in [-0.25, -0.2) is 0 Å². The SMILES string of the molecule is CC1(O)CN(C(=O)CNC(=O)c2ccccc2Br)C1. The van der Waals surface area contributed by atoms with Gasteiger partial charge in [-0.2, -0.15) is 0 Å². The number of nitrogens with one attached hydrogen (secondary N) is 1. The molecule has 2 amide bonds. The van der Waals surface area contributed by atoms with Crippen LogP contribution in [-0.2, 0) is 4.79 Å². The first-order chi connectivity index (χ1) is 8.89. The van der Waals surface area contributed by atoms with Crippen LogP contribution in [0.25, 0.3) is 0 Å². The third kappa shape index (κ3) is 3.33. The Morgan fingerprint density at radius 2 is 2.05 bits per heavy atom. The van der Waals surface area contributed by atoms with Gasteiger partial charge in [0.1, 0.15) is 0 Å². The minimum absolute atomic E-state index is 0.0593. The molecule has 19 heavy (non-hydrogen) atoms. The van der Waals surface area contributed by atoms with Crippen LogP contribution in [0.3, 0.4) is 0 Å². The van der Waals surface area contributed by atoms with E-state index in [-0.39, 0.29) is 18.4 Å². The number of carbonyl (C=O) groups excluding carboxylic acids is 2. The summed E-state index contributed by atoms with van der Waals surface area (Å²) < 4.78 is 0.687. The molecule has 1 saturated heterocycles. The Bertz CT molecular complexity index is 508. The number of aliphatic hydroxyl groups is 1. The highest BCUT2D eigenvalue weighted by molar-refractivity contribution is 9.10. The average Bonchev–Trinajstić information content (AvgIpc) is 2.33. The second kappa shape index (κ2) is 5.30. The molecule has 0 aliphatic carbocycles. The lowest BCUT2D eigenvalue weighted by Crippen LogP contribution is -2.63. The van der Waals surface area contributed by atoms with Crippen molar-refractivity contribution in [3.05, 3.63) is 34.3 Å². The molecule has 1 aromatic carbocycles. The minimum Gasteiger partial charge on any atom is -0.386 e. The third-order valence-corrected chi connectivity index (χ3v) is 3.63. The van der Waals surface area contributed by atoms with Crippen LogP contribution in [0, 0.1) is 0 Å². The molecule has 1 aliphatic heterocycles. The summed E-state index contributed by atoms with van der Waals surface area (Å²) in [4.78, 5) is 25.1. The summed E-state index contributed by atoms with van der Waals surface area (Å²) in [5.41, 5.74) is -0.298. The summed E-state index contributed by atoms with van der Waals surface area (Å²) in [7, 11) is 0. The van der Waals surface area contributed by atoms with Crippen LogP contribution >= 0.6 is 15.9 Å². The lowest BCUT2D eigenvalue weighted by atomic mass is 9.97. The second-order valence-electron chi connectivity index (χ2n) is 4.91. The van der Waals surface area contributed by atoms with Gasteiger partial charge in [-0.05, 0) is 35.0 Å². The van der Waals surface area contributed by atoms with Crippen molar-refractivity contribution in [2.75, 3.05) is 19.6 Å². The number of likely N-dealkylation sites (tertiary alicyclic amines) is 1. The van der Waals surface area contributed by atoms with E-state index in [1.807, 2.05) is 6.07 Å². The molecule has 0 unspecified atom stereocenters. The highest BCUT2D eigenvalue weighted by Gasteiger charge is 2.39. The molecule has 2 rings (SSSR count). The fourth-order valence-electron chi connectivity index (χ4n) is 1.96. The molecule has 2 N–H and O–H groups in total. The van der Waals surface area contributed by atoms with Crippen molar-refractivity contribution < 1.29 is 14.7 Å². The van der Waals surface area contributed by atoms with E-state index in [0.29, 0.717) is 23.1 Å². The first kappa shape index (κ1) is 14.0. The minimum atomic E-state index is -0.790. The number of benzene rings is 1. The summed E-state index contributed by atoms with van der Waals surface area (Å²) in [5.74, 6) is -0.486. The molecule has 1 aliphatic rings. The molecule has 0 spiro atoms. The topological polar surface area (TPSA) is 69.6 Å². The molecule has 0 bridgehead atoms. The van der Waals surface area contributed by atoms with E-state index in [2.05, 4.69) is 21.2 Å². The van der Waals surface area contributed by atoms with Gasteiger partial charge in [0.05, 0.1) is 30.8 Å². The maximum atomic E-state index is 11.9. The normalized spacial score (nSPS) is 16.7. The van der Waals surface area contributed by atoms with E-state index in [1.165, 1.54) is 4.90 Å². The predicted octanol–water partition coefficient (Wildman–Crippen LogP) is 0.772. The van der Waals surface area contributed by atoms with Gasteiger partial charge < -0.3 is 15.3 Å².